The van der Waals surface area contributed by atoms with Crippen LogP contribution in [0.4, 0.5) is 5.69 Å². The van der Waals surface area contributed by atoms with Crippen LogP contribution < -0.4 is 4.74 Å². The number of nitrogens with zero attached hydrogens (tertiary/aromatic N) is 1. The lowest BCUT2D eigenvalue weighted by Gasteiger charge is -2.07. The number of para-hydroxylation sites is 2. The van der Waals surface area contributed by atoms with Gasteiger partial charge in [0.25, 0.3) is 0 Å². The van der Waals surface area contributed by atoms with Gasteiger partial charge in [-0.25, -0.2) is 0 Å². The number of aromatic hydroxyl groups is 1. The van der Waals surface area contributed by atoms with E-state index in [1.54, 1.807) is 6.07 Å². The summed E-state index contributed by atoms with van der Waals surface area (Å²) >= 11 is 0. The van der Waals surface area contributed by atoms with E-state index in [1.807, 2.05) is 0 Å². The number of benzene rings is 2. The van der Waals surface area contributed by atoms with E-state index in [-0.39, 0.29) is 28.5 Å². The number of hydrogen-bond donors (Lipinski definition) is 1. The summed E-state index contributed by atoms with van der Waals surface area (Å²) in [7, 11) is 0. The second-order valence-corrected chi connectivity index (χ2v) is 3.67. The van der Waals surface area contributed by atoms with Gasteiger partial charge < -0.3 is 9.84 Å². The Morgan fingerprint density at radius 3 is 2.63 bits per heavy atom. The molecule has 0 bridgehead atoms. The number of nitro groups is 1. The Balaban J connectivity index is 2.36. The molecule has 0 unspecified atom stereocenters. The number of phenolic OH excluding ortho intramolecular Hbond substituents is 1. The summed E-state index contributed by atoms with van der Waals surface area (Å²) in [6.07, 6.45) is 0.474. The van der Waals surface area contributed by atoms with Crippen LogP contribution in [-0.2, 0) is 0 Å². The molecule has 0 heterocycles. The van der Waals surface area contributed by atoms with Gasteiger partial charge in [0.2, 0.25) is 5.75 Å². The van der Waals surface area contributed by atoms with Crippen LogP contribution in [-0.4, -0.2) is 16.3 Å². The molecule has 0 atom stereocenters. The van der Waals surface area contributed by atoms with Crippen molar-refractivity contribution in [3.8, 4) is 17.2 Å². The molecule has 2 aromatic rings. The van der Waals surface area contributed by atoms with Crippen molar-refractivity contribution in [3.63, 3.8) is 0 Å². The van der Waals surface area contributed by atoms with Gasteiger partial charge in [0.15, 0.2) is 6.29 Å². The predicted octanol–water partition coefficient (Wildman–Crippen LogP) is 2.91. The third-order valence-electron chi connectivity index (χ3n) is 2.42. The Hall–Kier alpha value is -2.89. The molecule has 0 radical (unpaired) electrons. The summed E-state index contributed by atoms with van der Waals surface area (Å²) in [6, 6.07) is 9.90. The topological polar surface area (TPSA) is 89.7 Å². The minimum Gasteiger partial charge on any atom is -0.507 e. The fourth-order valence-corrected chi connectivity index (χ4v) is 1.51. The second kappa shape index (κ2) is 5.18. The third kappa shape index (κ3) is 2.68. The van der Waals surface area contributed by atoms with Crippen molar-refractivity contribution >= 4 is 12.0 Å². The second-order valence-electron chi connectivity index (χ2n) is 3.67. The van der Waals surface area contributed by atoms with Crippen LogP contribution in [0.15, 0.2) is 42.5 Å². The number of hydrogen-bond acceptors (Lipinski definition) is 5. The van der Waals surface area contributed by atoms with Crippen LogP contribution in [0.1, 0.15) is 10.4 Å². The first-order chi connectivity index (χ1) is 9.11. The van der Waals surface area contributed by atoms with E-state index in [0.717, 1.165) is 0 Å². The molecule has 0 fully saturated rings. The highest BCUT2D eigenvalue weighted by atomic mass is 16.6. The maximum Gasteiger partial charge on any atom is 0.311 e. The number of ether oxygens (including phenoxy) is 1. The lowest BCUT2D eigenvalue weighted by molar-refractivity contribution is -0.385. The van der Waals surface area contributed by atoms with E-state index in [2.05, 4.69) is 0 Å². The van der Waals surface area contributed by atoms with Crippen LogP contribution in [0.3, 0.4) is 0 Å². The van der Waals surface area contributed by atoms with Gasteiger partial charge in [0.05, 0.1) is 10.5 Å². The Labute approximate surface area is 108 Å². The maximum atomic E-state index is 10.8. The molecule has 0 spiro atoms. The van der Waals surface area contributed by atoms with Crippen molar-refractivity contribution in [2.75, 3.05) is 0 Å². The van der Waals surface area contributed by atoms with E-state index in [0.29, 0.717) is 6.29 Å². The molecule has 0 saturated heterocycles. The Morgan fingerprint density at radius 1 is 1.21 bits per heavy atom. The first-order valence-electron chi connectivity index (χ1n) is 5.31. The van der Waals surface area contributed by atoms with Gasteiger partial charge in [-0.15, -0.1) is 0 Å². The van der Waals surface area contributed by atoms with Crippen molar-refractivity contribution in [3.05, 3.63) is 58.1 Å². The molecule has 6 heteroatoms. The summed E-state index contributed by atoms with van der Waals surface area (Å²) in [5.74, 6) is 0.120. The molecule has 0 saturated carbocycles. The molecule has 0 aliphatic rings. The maximum absolute atomic E-state index is 10.8. The first-order valence-corrected chi connectivity index (χ1v) is 5.31. The van der Waals surface area contributed by atoms with Crippen LogP contribution >= 0.6 is 0 Å². The van der Waals surface area contributed by atoms with Crippen LogP contribution in [0.25, 0.3) is 0 Å². The SMILES string of the molecule is O=Cc1cc(Oc2ccccc2[N+](=O)[O-])ccc1O. The van der Waals surface area contributed by atoms with Crippen molar-refractivity contribution in [2.24, 2.45) is 0 Å². The molecule has 1 N–H and O–H groups in total. The molecule has 0 aliphatic carbocycles. The van der Waals surface area contributed by atoms with Crippen molar-refractivity contribution in [1.82, 2.24) is 0 Å². The molecule has 0 aliphatic heterocycles. The highest BCUT2D eigenvalue weighted by molar-refractivity contribution is 5.79. The quantitative estimate of drug-likeness (QED) is 0.518. The van der Waals surface area contributed by atoms with Gasteiger partial charge in [-0.2, -0.15) is 0 Å². The Morgan fingerprint density at radius 2 is 1.95 bits per heavy atom. The van der Waals surface area contributed by atoms with Gasteiger partial charge >= 0.3 is 5.69 Å². The zero-order valence-corrected chi connectivity index (χ0v) is 9.65. The molecule has 2 rings (SSSR count). The molecule has 96 valence electrons. The summed E-state index contributed by atoms with van der Waals surface area (Å²) in [6.45, 7) is 0. The molecular weight excluding hydrogens is 250 g/mol. The summed E-state index contributed by atoms with van der Waals surface area (Å²) < 4.78 is 5.36. The Kier molecular flexibility index (Phi) is 3.42. The number of carbonyl (C=O) groups is 1. The van der Waals surface area contributed by atoms with Crippen LogP contribution in [0.5, 0.6) is 17.2 Å². The van der Waals surface area contributed by atoms with Gasteiger partial charge in [-0.1, -0.05) is 12.1 Å². The minimum atomic E-state index is -0.559. The van der Waals surface area contributed by atoms with E-state index >= 15 is 0 Å². The van der Waals surface area contributed by atoms with E-state index in [4.69, 9.17) is 4.74 Å². The van der Waals surface area contributed by atoms with E-state index in [1.165, 1.54) is 36.4 Å². The van der Waals surface area contributed by atoms with E-state index in [9.17, 15) is 20.0 Å². The Bertz CT molecular complexity index is 639. The minimum absolute atomic E-state index is 0.0519. The molecule has 6 nitrogen and oxygen atoms in total. The van der Waals surface area contributed by atoms with Gasteiger partial charge in [-0.05, 0) is 24.3 Å². The van der Waals surface area contributed by atoms with Gasteiger partial charge in [0, 0.05) is 6.07 Å². The predicted molar refractivity (Wildman–Crippen MR) is 66.7 cm³/mol. The largest absolute Gasteiger partial charge is 0.507 e. The fraction of sp³-hybridized carbons (Fsp3) is 0. The summed E-state index contributed by atoms with van der Waals surface area (Å²) in [5, 5.41) is 20.2. The van der Waals surface area contributed by atoms with Crippen molar-refractivity contribution in [2.45, 2.75) is 0 Å². The molecular formula is C13H9NO5. The molecule has 0 aromatic heterocycles. The lowest BCUT2D eigenvalue weighted by Crippen LogP contribution is -1.93. The fourth-order valence-electron chi connectivity index (χ4n) is 1.51. The first kappa shape index (κ1) is 12.6. The average molecular weight is 259 g/mol. The highest BCUT2D eigenvalue weighted by Crippen LogP contribution is 2.32. The van der Waals surface area contributed by atoms with Crippen molar-refractivity contribution in [1.29, 1.82) is 0 Å². The monoisotopic (exact) mass is 259 g/mol. The number of phenols is 1. The summed E-state index contributed by atoms with van der Waals surface area (Å²) in [5.41, 5.74) is -0.126. The number of rotatable bonds is 4. The zero-order chi connectivity index (χ0) is 13.8. The van der Waals surface area contributed by atoms with Crippen LogP contribution in [0.2, 0.25) is 0 Å². The smallest absolute Gasteiger partial charge is 0.311 e. The third-order valence-corrected chi connectivity index (χ3v) is 2.42. The normalized spacial score (nSPS) is 9.89. The zero-order valence-electron chi connectivity index (χ0n) is 9.65. The highest BCUT2D eigenvalue weighted by Gasteiger charge is 2.14. The van der Waals surface area contributed by atoms with Gasteiger partial charge in [-0.3, -0.25) is 14.9 Å². The number of carbonyl (C=O) groups excluding carboxylic acids is 1. The molecule has 0 amide bonds. The lowest BCUT2D eigenvalue weighted by atomic mass is 10.2. The number of aldehydes is 1. The average Bonchev–Trinajstić information content (AvgIpc) is 2.41. The van der Waals surface area contributed by atoms with Crippen LogP contribution in [0, 0.1) is 10.1 Å². The van der Waals surface area contributed by atoms with E-state index < -0.39 is 4.92 Å². The van der Waals surface area contributed by atoms with Gasteiger partial charge in [0.1, 0.15) is 11.5 Å². The molecule has 2 aromatic carbocycles. The standard InChI is InChI=1S/C13H9NO5/c15-8-9-7-10(5-6-12(9)16)19-13-4-2-1-3-11(13)14(17)18/h1-8,16H. The van der Waals surface area contributed by atoms with Crippen molar-refractivity contribution < 1.29 is 19.6 Å². The summed E-state index contributed by atoms with van der Waals surface area (Å²) in [4.78, 5) is 20.9. The number of nitro benzene ring substituents is 1. The molecule has 19 heavy (non-hydrogen) atoms.